The summed E-state index contributed by atoms with van der Waals surface area (Å²) in [5.74, 6) is -0.239. The molecule has 0 saturated carbocycles. The van der Waals surface area contributed by atoms with E-state index >= 15 is 0 Å². The summed E-state index contributed by atoms with van der Waals surface area (Å²) in [7, 11) is 0. The van der Waals surface area contributed by atoms with Crippen LogP contribution in [0.15, 0.2) is 4.99 Å². The van der Waals surface area contributed by atoms with Gasteiger partial charge in [0.05, 0.1) is 5.92 Å². The van der Waals surface area contributed by atoms with Gasteiger partial charge in [-0.1, -0.05) is 51.9 Å². The number of nitrogens with one attached hydrogen (secondary N) is 1. The Labute approximate surface area is 127 Å². The topological polar surface area (TPSA) is 58.5 Å². The molecule has 0 aromatic carbocycles. The number of amides is 2. The summed E-state index contributed by atoms with van der Waals surface area (Å²) in [6, 6.07) is 0. The summed E-state index contributed by atoms with van der Waals surface area (Å²) in [6.07, 6.45) is 9.19. The highest BCUT2D eigenvalue weighted by atomic mass is 32.1. The van der Waals surface area contributed by atoms with E-state index in [4.69, 9.17) is 0 Å². The Kier molecular flexibility index (Phi) is 8.58. The van der Waals surface area contributed by atoms with Crippen LogP contribution >= 0.6 is 12.6 Å². The molecule has 1 heterocycles. The molecule has 0 aliphatic carbocycles. The van der Waals surface area contributed by atoms with Gasteiger partial charge in [-0.3, -0.25) is 19.9 Å². The third-order valence-electron chi connectivity index (χ3n) is 3.59. The van der Waals surface area contributed by atoms with E-state index in [2.05, 4.69) is 29.9 Å². The highest BCUT2D eigenvalue weighted by Crippen LogP contribution is 2.18. The standard InChI is InChI=1S/C15H26N2O2S/c1-2-3-4-5-6-7-8-9-12-13(16-10-11-20)15(19)17-14(12)18/h12,20H,2-11H2,1H3,(H,17,18,19). The Hall–Kier alpha value is -0.840. The van der Waals surface area contributed by atoms with Crippen LogP contribution < -0.4 is 5.32 Å². The van der Waals surface area contributed by atoms with Gasteiger partial charge in [0.2, 0.25) is 5.91 Å². The molecule has 0 spiro atoms. The molecular weight excluding hydrogens is 272 g/mol. The fourth-order valence-electron chi connectivity index (χ4n) is 2.47. The molecule has 1 rings (SSSR count). The van der Waals surface area contributed by atoms with Crippen LogP contribution in [-0.2, 0) is 9.59 Å². The van der Waals surface area contributed by atoms with E-state index in [0.717, 1.165) is 19.3 Å². The molecule has 1 aliphatic rings. The minimum Gasteiger partial charge on any atom is -0.291 e. The normalized spacial score (nSPS) is 20.7. The maximum atomic E-state index is 11.7. The molecule has 1 atom stereocenters. The minimum absolute atomic E-state index is 0.182. The van der Waals surface area contributed by atoms with Gasteiger partial charge in [-0.2, -0.15) is 12.6 Å². The molecule has 0 bridgehead atoms. The summed E-state index contributed by atoms with van der Waals surface area (Å²) < 4.78 is 0. The minimum atomic E-state index is -0.335. The summed E-state index contributed by atoms with van der Waals surface area (Å²) in [5.41, 5.74) is 0.412. The Morgan fingerprint density at radius 1 is 1.10 bits per heavy atom. The SMILES string of the molecule is CCCCCCCCCC1C(=O)NC(=O)C1=NCCS. The molecule has 20 heavy (non-hydrogen) atoms. The zero-order valence-corrected chi connectivity index (χ0v) is 13.3. The molecule has 1 fully saturated rings. The van der Waals surface area contributed by atoms with Crippen molar-refractivity contribution in [1.29, 1.82) is 0 Å². The molecule has 5 heteroatoms. The second kappa shape index (κ2) is 9.97. The van der Waals surface area contributed by atoms with Crippen LogP contribution in [0.25, 0.3) is 0 Å². The average molecular weight is 298 g/mol. The van der Waals surface area contributed by atoms with Gasteiger partial charge in [-0.05, 0) is 6.42 Å². The number of aliphatic imine (C=N–C) groups is 1. The van der Waals surface area contributed by atoms with Gasteiger partial charge < -0.3 is 0 Å². The van der Waals surface area contributed by atoms with Crippen LogP contribution in [0.3, 0.4) is 0 Å². The molecule has 0 radical (unpaired) electrons. The van der Waals surface area contributed by atoms with Crippen molar-refractivity contribution in [2.45, 2.75) is 58.3 Å². The van der Waals surface area contributed by atoms with Crippen LogP contribution in [0.2, 0.25) is 0 Å². The Morgan fingerprint density at radius 3 is 2.40 bits per heavy atom. The van der Waals surface area contributed by atoms with E-state index in [9.17, 15) is 9.59 Å². The fourth-order valence-corrected chi connectivity index (χ4v) is 2.57. The first-order chi connectivity index (χ1) is 9.70. The number of rotatable bonds is 10. The van der Waals surface area contributed by atoms with Crippen molar-refractivity contribution in [1.82, 2.24) is 5.32 Å². The van der Waals surface area contributed by atoms with E-state index in [1.54, 1.807) is 0 Å². The van der Waals surface area contributed by atoms with Gasteiger partial charge in [0, 0.05) is 12.3 Å². The van der Waals surface area contributed by atoms with Crippen LogP contribution in [-0.4, -0.2) is 29.8 Å². The molecule has 4 nitrogen and oxygen atoms in total. The van der Waals surface area contributed by atoms with Gasteiger partial charge in [0.25, 0.3) is 5.91 Å². The molecule has 2 amide bonds. The Bertz CT molecular complexity index is 356. The summed E-state index contributed by atoms with van der Waals surface area (Å²) in [4.78, 5) is 27.6. The molecular formula is C15H26N2O2S. The molecule has 114 valence electrons. The average Bonchev–Trinajstić information content (AvgIpc) is 2.70. The third kappa shape index (κ3) is 5.65. The first-order valence-corrected chi connectivity index (χ1v) is 8.34. The van der Waals surface area contributed by atoms with Crippen molar-refractivity contribution in [2.75, 3.05) is 12.3 Å². The lowest BCUT2D eigenvalue weighted by Gasteiger charge is -2.07. The molecule has 1 saturated heterocycles. The second-order valence-electron chi connectivity index (χ2n) is 5.27. The van der Waals surface area contributed by atoms with E-state index < -0.39 is 0 Å². The lowest BCUT2D eigenvalue weighted by atomic mass is 9.97. The number of carbonyl (C=O) groups excluding carboxylic acids is 2. The lowest BCUT2D eigenvalue weighted by molar-refractivity contribution is -0.125. The molecule has 1 N–H and O–H groups in total. The quantitative estimate of drug-likeness (QED) is 0.370. The Balaban J connectivity index is 2.29. The zero-order chi connectivity index (χ0) is 14.8. The highest BCUT2D eigenvalue weighted by Gasteiger charge is 2.36. The molecule has 0 aromatic heterocycles. The van der Waals surface area contributed by atoms with Crippen LogP contribution in [0.5, 0.6) is 0 Å². The molecule has 0 aromatic rings. The second-order valence-corrected chi connectivity index (χ2v) is 5.72. The van der Waals surface area contributed by atoms with Gasteiger partial charge in [-0.25, -0.2) is 0 Å². The van der Waals surface area contributed by atoms with Crippen molar-refractivity contribution in [3.63, 3.8) is 0 Å². The smallest absolute Gasteiger partial charge is 0.272 e. The van der Waals surface area contributed by atoms with Gasteiger partial charge in [-0.15, -0.1) is 0 Å². The molecule has 1 unspecified atom stereocenters. The number of carbonyl (C=O) groups is 2. The number of thiol groups is 1. The number of hydrogen-bond acceptors (Lipinski definition) is 4. The van der Waals surface area contributed by atoms with Crippen LogP contribution in [0.1, 0.15) is 58.3 Å². The maximum Gasteiger partial charge on any atom is 0.272 e. The fraction of sp³-hybridized carbons (Fsp3) is 0.800. The van der Waals surface area contributed by atoms with Gasteiger partial charge >= 0.3 is 0 Å². The van der Waals surface area contributed by atoms with Crippen molar-refractivity contribution in [3.05, 3.63) is 0 Å². The van der Waals surface area contributed by atoms with Gasteiger partial charge in [0.15, 0.2) is 0 Å². The number of nitrogens with zero attached hydrogens (tertiary/aromatic N) is 1. The summed E-state index contributed by atoms with van der Waals surface area (Å²) in [5, 5.41) is 2.36. The number of unbranched alkanes of at least 4 members (excludes halogenated alkanes) is 6. The first kappa shape index (κ1) is 17.2. The third-order valence-corrected chi connectivity index (χ3v) is 3.79. The predicted octanol–water partition coefficient (Wildman–Crippen LogP) is 2.77. The molecule has 1 aliphatic heterocycles. The zero-order valence-electron chi connectivity index (χ0n) is 12.4. The van der Waals surface area contributed by atoms with E-state index in [-0.39, 0.29) is 17.7 Å². The van der Waals surface area contributed by atoms with E-state index in [0.29, 0.717) is 18.0 Å². The van der Waals surface area contributed by atoms with Crippen LogP contribution in [0.4, 0.5) is 0 Å². The Morgan fingerprint density at radius 2 is 1.75 bits per heavy atom. The first-order valence-electron chi connectivity index (χ1n) is 7.71. The monoisotopic (exact) mass is 298 g/mol. The van der Waals surface area contributed by atoms with E-state index in [1.165, 1.54) is 32.1 Å². The van der Waals surface area contributed by atoms with Gasteiger partial charge in [0.1, 0.15) is 5.71 Å². The largest absolute Gasteiger partial charge is 0.291 e. The van der Waals surface area contributed by atoms with Crippen molar-refractivity contribution >= 4 is 30.2 Å². The van der Waals surface area contributed by atoms with E-state index in [1.807, 2.05) is 0 Å². The number of hydrogen-bond donors (Lipinski definition) is 2. The maximum absolute atomic E-state index is 11.7. The van der Waals surface area contributed by atoms with Crippen LogP contribution in [0, 0.1) is 5.92 Å². The summed E-state index contributed by atoms with van der Waals surface area (Å²) >= 11 is 4.08. The predicted molar refractivity (Wildman–Crippen MR) is 85.4 cm³/mol. The summed E-state index contributed by atoms with van der Waals surface area (Å²) in [6.45, 7) is 2.70. The number of imide groups is 1. The van der Waals surface area contributed by atoms with Crippen molar-refractivity contribution in [3.8, 4) is 0 Å². The van der Waals surface area contributed by atoms with Crippen molar-refractivity contribution < 1.29 is 9.59 Å². The highest BCUT2D eigenvalue weighted by molar-refractivity contribution is 7.80. The van der Waals surface area contributed by atoms with Crippen molar-refractivity contribution in [2.24, 2.45) is 10.9 Å². The lowest BCUT2D eigenvalue weighted by Crippen LogP contribution is -2.22.